The van der Waals surface area contributed by atoms with Gasteiger partial charge in [0.25, 0.3) is 5.56 Å². The first-order chi connectivity index (χ1) is 14.1. The second kappa shape index (κ2) is 8.29. The zero-order valence-corrected chi connectivity index (χ0v) is 17.8. The van der Waals surface area contributed by atoms with Gasteiger partial charge in [-0.1, -0.05) is 72.8 Å². The van der Waals surface area contributed by atoms with Crippen LogP contribution in [0, 0.1) is 13.8 Å². The van der Waals surface area contributed by atoms with Gasteiger partial charge in [0, 0.05) is 24.1 Å². The number of nitrogens with one attached hydrogen (secondary N) is 1. The molecule has 148 valence electrons. The molecule has 0 spiro atoms. The maximum absolute atomic E-state index is 13.2. The van der Waals surface area contributed by atoms with Gasteiger partial charge in [-0.25, -0.2) is 4.98 Å². The lowest BCUT2D eigenvalue weighted by molar-refractivity contribution is 0.584. The first kappa shape index (κ1) is 19.5. The third kappa shape index (κ3) is 3.87. The van der Waals surface area contributed by atoms with Crippen LogP contribution in [0.4, 0.5) is 0 Å². The van der Waals surface area contributed by atoms with Gasteiger partial charge >= 0.3 is 0 Å². The van der Waals surface area contributed by atoms with Crippen LogP contribution in [-0.4, -0.2) is 14.5 Å². The number of aryl methyl sites for hydroxylation is 2. The summed E-state index contributed by atoms with van der Waals surface area (Å²) in [5.74, 6) is 0.792. The Bertz CT molecular complexity index is 1210. The third-order valence-electron chi connectivity index (χ3n) is 5.14. The number of fused-ring (bicyclic) bond motifs is 1. The lowest BCUT2D eigenvalue weighted by atomic mass is 10.1. The van der Waals surface area contributed by atoms with E-state index < -0.39 is 0 Å². The van der Waals surface area contributed by atoms with Crippen molar-refractivity contribution in [3.8, 4) is 11.1 Å². The molecule has 2 heterocycles. The SMILES string of the molecule is CCCn1c(SCc2cc(C)ccc2C)nc2c(-c3ccccc3)c[nH]c2c1=O. The van der Waals surface area contributed by atoms with Crippen LogP contribution in [0.2, 0.25) is 0 Å². The Balaban J connectivity index is 1.80. The number of thioether (sulfide) groups is 1. The third-order valence-corrected chi connectivity index (χ3v) is 6.17. The van der Waals surface area contributed by atoms with Crippen LogP contribution in [-0.2, 0) is 12.3 Å². The highest BCUT2D eigenvalue weighted by atomic mass is 32.2. The molecule has 2 aromatic heterocycles. The molecule has 2 aromatic carbocycles. The Kier molecular flexibility index (Phi) is 5.58. The number of H-pyrrole nitrogens is 1. The minimum atomic E-state index is 0.00231. The fraction of sp³-hybridized carbons (Fsp3) is 0.250. The monoisotopic (exact) mass is 403 g/mol. The quantitative estimate of drug-likeness (QED) is 0.331. The minimum Gasteiger partial charge on any atom is -0.355 e. The van der Waals surface area contributed by atoms with Gasteiger partial charge in [-0.3, -0.25) is 9.36 Å². The summed E-state index contributed by atoms with van der Waals surface area (Å²) in [5.41, 5.74) is 7.15. The highest BCUT2D eigenvalue weighted by Gasteiger charge is 2.16. The largest absolute Gasteiger partial charge is 0.355 e. The molecule has 0 aliphatic rings. The summed E-state index contributed by atoms with van der Waals surface area (Å²) >= 11 is 1.64. The van der Waals surface area contributed by atoms with E-state index in [4.69, 9.17) is 4.98 Å². The van der Waals surface area contributed by atoms with Crippen molar-refractivity contribution in [2.75, 3.05) is 0 Å². The Morgan fingerprint density at radius 3 is 2.66 bits per heavy atom. The number of aromatic amines is 1. The predicted molar refractivity (Wildman–Crippen MR) is 122 cm³/mol. The minimum absolute atomic E-state index is 0.00231. The fourth-order valence-electron chi connectivity index (χ4n) is 3.54. The van der Waals surface area contributed by atoms with E-state index in [2.05, 4.69) is 44.0 Å². The van der Waals surface area contributed by atoms with Crippen molar-refractivity contribution in [3.63, 3.8) is 0 Å². The van der Waals surface area contributed by atoms with Crippen molar-refractivity contribution in [1.82, 2.24) is 14.5 Å². The molecule has 0 atom stereocenters. The first-order valence-corrected chi connectivity index (χ1v) is 10.9. The molecule has 0 amide bonds. The van der Waals surface area contributed by atoms with Crippen molar-refractivity contribution in [2.45, 2.75) is 44.6 Å². The summed E-state index contributed by atoms with van der Waals surface area (Å²) in [4.78, 5) is 21.3. The maximum Gasteiger partial charge on any atom is 0.278 e. The lowest BCUT2D eigenvalue weighted by Crippen LogP contribution is -2.23. The van der Waals surface area contributed by atoms with Crippen molar-refractivity contribution < 1.29 is 0 Å². The Hall–Kier alpha value is -2.79. The second-order valence-electron chi connectivity index (χ2n) is 7.36. The number of rotatable bonds is 6. The zero-order valence-electron chi connectivity index (χ0n) is 17.0. The smallest absolute Gasteiger partial charge is 0.278 e. The van der Waals surface area contributed by atoms with E-state index in [0.717, 1.165) is 34.0 Å². The molecule has 4 nitrogen and oxygen atoms in total. The summed E-state index contributed by atoms with van der Waals surface area (Å²) < 4.78 is 1.81. The number of aromatic nitrogens is 3. The van der Waals surface area contributed by atoms with Gasteiger partial charge in [0.1, 0.15) is 11.0 Å². The molecule has 0 aliphatic heterocycles. The molecule has 5 heteroatoms. The van der Waals surface area contributed by atoms with Crippen molar-refractivity contribution in [2.24, 2.45) is 0 Å². The molecule has 4 rings (SSSR count). The average molecular weight is 404 g/mol. The van der Waals surface area contributed by atoms with Crippen LogP contribution in [0.5, 0.6) is 0 Å². The van der Waals surface area contributed by atoms with Crippen LogP contribution in [0.3, 0.4) is 0 Å². The summed E-state index contributed by atoms with van der Waals surface area (Å²) in [6.45, 7) is 6.98. The van der Waals surface area contributed by atoms with Gasteiger partial charge in [0.15, 0.2) is 5.16 Å². The molecule has 0 radical (unpaired) electrons. The predicted octanol–water partition coefficient (Wildman–Crippen LogP) is 5.71. The summed E-state index contributed by atoms with van der Waals surface area (Å²) in [6.07, 6.45) is 2.78. The maximum atomic E-state index is 13.2. The van der Waals surface area contributed by atoms with Crippen LogP contribution in [0.15, 0.2) is 64.7 Å². The number of benzene rings is 2. The van der Waals surface area contributed by atoms with Gasteiger partial charge in [-0.05, 0) is 37.0 Å². The molecule has 0 saturated heterocycles. The Morgan fingerprint density at radius 2 is 1.90 bits per heavy atom. The van der Waals surface area contributed by atoms with E-state index in [9.17, 15) is 4.79 Å². The van der Waals surface area contributed by atoms with E-state index in [1.54, 1.807) is 11.8 Å². The zero-order chi connectivity index (χ0) is 20.4. The van der Waals surface area contributed by atoms with E-state index in [1.165, 1.54) is 16.7 Å². The topological polar surface area (TPSA) is 50.7 Å². The molecule has 0 fully saturated rings. The molecule has 0 saturated carbocycles. The summed E-state index contributed by atoms with van der Waals surface area (Å²) in [5, 5.41) is 0.780. The number of hydrogen-bond donors (Lipinski definition) is 1. The van der Waals surface area contributed by atoms with Crippen molar-refractivity contribution in [1.29, 1.82) is 0 Å². The molecular formula is C24H25N3OS. The van der Waals surface area contributed by atoms with Gasteiger partial charge in [0.2, 0.25) is 0 Å². The van der Waals surface area contributed by atoms with E-state index in [0.29, 0.717) is 12.1 Å². The Morgan fingerprint density at radius 1 is 1.10 bits per heavy atom. The summed E-state index contributed by atoms with van der Waals surface area (Å²) in [7, 11) is 0. The van der Waals surface area contributed by atoms with Gasteiger partial charge < -0.3 is 4.98 Å². The van der Waals surface area contributed by atoms with E-state index in [-0.39, 0.29) is 5.56 Å². The van der Waals surface area contributed by atoms with Crippen molar-refractivity contribution in [3.05, 3.63) is 81.8 Å². The standard InChI is InChI=1S/C24H25N3OS/c1-4-12-27-23(28)22-21(20(14-25-22)18-8-6-5-7-9-18)26-24(27)29-15-19-13-16(2)10-11-17(19)3/h5-11,13-14,25H,4,12,15H2,1-3H3. The van der Waals surface area contributed by atoms with Crippen LogP contribution < -0.4 is 5.56 Å². The van der Waals surface area contributed by atoms with Crippen LogP contribution >= 0.6 is 11.8 Å². The van der Waals surface area contributed by atoms with E-state index in [1.807, 2.05) is 41.1 Å². The molecule has 0 aliphatic carbocycles. The second-order valence-corrected chi connectivity index (χ2v) is 8.30. The Labute approximate surface area is 175 Å². The number of hydrogen-bond acceptors (Lipinski definition) is 3. The molecule has 29 heavy (non-hydrogen) atoms. The van der Waals surface area contributed by atoms with Gasteiger partial charge in [0.05, 0.1) is 0 Å². The molecule has 1 N–H and O–H groups in total. The van der Waals surface area contributed by atoms with Crippen molar-refractivity contribution >= 4 is 22.8 Å². The van der Waals surface area contributed by atoms with Crippen LogP contribution in [0.25, 0.3) is 22.2 Å². The molecule has 0 bridgehead atoms. The van der Waals surface area contributed by atoms with Crippen LogP contribution in [0.1, 0.15) is 30.0 Å². The lowest BCUT2D eigenvalue weighted by Gasteiger charge is -2.12. The highest BCUT2D eigenvalue weighted by Crippen LogP contribution is 2.29. The van der Waals surface area contributed by atoms with E-state index >= 15 is 0 Å². The average Bonchev–Trinajstić information content (AvgIpc) is 3.16. The molecular weight excluding hydrogens is 378 g/mol. The fourth-order valence-corrected chi connectivity index (χ4v) is 4.62. The summed E-state index contributed by atoms with van der Waals surface area (Å²) in [6, 6.07) is 16.6. The molecule has 4 aromatic rings. The highest BCUT2D eigenvalue weighted by molar-refractivity contribution is 7.98. The molecule has 0 unspecified atom stereocenters. The van der Waals surface area contributed by atoms with Gasteiger partial charge in [-0.2, -0.15) is 0 Å². The first-order valence-electron chi connectivity index (χ1n) is 9.94. The number of nitrogens with zero attached hydrogens (tertiary/aromatic N) is 2. The normalized spacial score (nSPS) is 11.3. The van der Waals surface area contributed by atoms with Gasteiger partial charge in [-0.15, -0.1) is 0 Å².